The lowest BCUT2D eigenvalue weighted by atomic mass is 10.2. The van der Waals surface area contributed by atoms with Gasteiger partial charge >= 0.3 is 0 Å². The van der Waals surface area contributed by atoms with Gasteiger partial charge in [0.25, 0.3) is 0 Å². The van der Waals surface area contributed by atoms with E-state index in [-0.39, 0.29) is 11.3 Å². The summed E-state index contributed by atoms with van der Waals surface area (Å²) in [6.45, 7) is 1.10. The van der Waals surface area contributed by atoms with E-state index in [1.807, 2.05) is 41.1 Å². The largest absolute Gasteiger partial charge is 0.324 e. The number of hydrogen-bond donors (Lipinski definition) is 0. The number of rotatable bonds is 3. The minimum Gasteiger partial charge on any atom is -0.324 e. The Balaban J connectivity index is 1.75. The molecule has 1 aromatic carbocycles. The maximum atomic E-state index is 12.4. The molecule has 4 nitrogen and oxygen atoms in total. The van der Waals surface area contributed by atoms with Crippen molar-refractivity contribution >= 4 is 33.6 Å². The van der Waals surface area contributed by atoms with Crippen LogP contribution in [0.25, 0.3) is 0 Å². The Kier molecular flexibility index (Phi) is 4.12. The molecule has 0 radical (unpaired) electrons. The summed E-state index contributed by atoms with van der Waals surface area (Å²) in [5, 5.41) is 4.21. The third-order valence-corrected chi connectivity index (χ3v) is 5.01. The molecular formula is C14H14BrN3OS. The number of nitrogens with zero attached hydrogens (tertiary/aromatic N) is 3. The number of thioether (sulfide) groups is 1. The van der Waals surface area contributed by atoms with Crippen molar-refractivity contribution in [2.75, 3.05) is 12.3 Å². The second kappa shape index (κ2) is 6.01. The molecule has 3 rings (SSSR count). The topological polar surface area (TPSA) is 38.1 Å². The molecule has 1 amide bonds. The van der Waals surface area contributed by atoms with Crippen molar-refractivity contribution in [2.24, 2.45) is 0 Å². The summed E-state index contributed by atoms with van der Waals surface area (Å²) in [6, 6.07) is 10.0. The number of hydrogen-bond acceptors (Lipinski definition) is 3. The molecule has 1 unspecified atom stereocenters. The number of carbonyl (C=O) groups excluding carboxylic acids is 1. The molecule has 104 valence electrons. The van der Waals surface area contributed by atoms with Gasteiger partial charge in [-0.25, -0.2) is 0 Å². The summed E-state index contributed by atoms with van der Waals surface area (Å²) in [5.41, 5.74) is 1.17. The van der Waals surface area contributed by atoms with Crippen LogP contribution in [-0.4, -0.2) is 32.9 Å². The zero-order chi connectivity index (χ0) is 13.9. The average Bonchev–Trinajstić information content (AvgIpc) is 3.10. The molecule has 2 aromatic rings. The first-order valence-corrected chi connectivity index (χ1v) is 8.22. The van der Waals surface area contributed by atoms with Crippen LogP contribution in [0.5, 0.6) is 0 Å². The molecule has 0 spiro atoms. The van der Waals surface area contributed by atoms with E-state index in [0.717, 1.165) is 16.8 Å². The monoisotopic (exact) mass is 351 g/mol. The molecule has 1 saturated heterocycles. The first-order valence-electron chi connectivity index (χ1n) is 6.38. The summed E-state index contributed by atoms with van der Waals surface area (Å²) < 4.78 is 2.72. The predicted molar refractivity (Wildman–Crippen MR) is 83.3 cm³/mol. The number of aromatic nitrogens is 2. The van der Waals surface area contributed by atoms with Gasteiger partial charge in [-0.3, -0.25) is 9.48 Å². The van der Waals surface area contributed by atoms with E-state index in [2.05, 4.69) is 33.2 Å². The molecule has 0 bridgehead atoms. The van der Waals surface area contributed by atoms with Crippen molar-refractivity contribution in [2.45, 2.75) is 11.9 Å². The van der Waals surface area contributed by atoms with Crippen molar-refractivity contribution in [1.82, 2.24) is 14.7 Å². The summed E-state index contributed by atoms with van der Waals surface area (Å²) in [4.78, 5) is 14.3. The average molecular weight is 352 g/mol. The zero-order valence-electron chi connectivity index (χ0n) is 10.8. The Morgan fingerprint density at radius 1 is 1.40 bits per heavy atom. The Bertz CT molecular complexity index is 585. The van der Waals surface area contributed by atoms with E-state index in [1.165, 1.54) is 5.56 Å². The molecule has 1 aliphatic heterocycles. The molecule has 1 aliphatic rings. The van der Waals surface area contributed by atoms with Gasteiger partial charge < -0.3 is 4.90 Å². The van der Waals surface area contributed by atoms with E-state index in [0.29, 0.717) is 6.54 Å². The molecular weight excluding hydrogens is 338 g/mol. The van der Waals surface area contributed by atoms with Crippen LogP contribution in [0.15, 0.2) is 47.2 Å². The van der Waals surface area contributed by atoms with Crippen molar-refractivity contribution in [3.63, 3.8) is 0 Å². The van der Waals surface area contributed by atoms with Crippen LogP contribution in [0.1, 0.15) is 10.9 Å². The third-order valence-electron chi connectivity index (χ3n) is 3.22. The fraction of sp³-hybridized carbons (Fsp3) is 0.286. The van der Waals surface area contributed by atoms with Crippen LogP contribution in [0.3, 0.4) is 0 Å². The quantitative estimate of drug-likeness (QED) is 0.853. The van der Waals surface area contributed by atoms with E-state index in [4.69, 9.17) is 0 Å². The Morgan fingerprint density at radius 3 is 2.90 bits per heavy atom. The van der Waals surface area contributed by atoms with Crippen molar-refractivity contribution < 1.29 is 4.79 Å². The molecule has 20 heavy (non-hydrogen) atoms. The van der Waals surface area contributed by atoms with Crippen molar-refractivity contribution in [1.29, 1.82) is 0 Å². The number of benzene rings is 1. The SMILES string of the molecule is O=C(Cn1cccn1)N1CCSC1c1ccc(Br)cc1. The van der Waals surface area contributed by atoms with E-state index in [1.54, 1.807) is 10.9 Å². The van der Waals surface area contributed by atoms with Gasteiger partial charge in [0.05, 0.1) is 0 Å². The van der Waals surface area contributed by atoms with Crippen LogP contribution in [0.2, 0.25) is 0 Å². The lowest BCUT2D eigenvalue weighted by molar-refractivity contribution is -0.132. The van der Waals surface area contributed by atoms with E-state index < -0.39 is 0 Å². The highest BCUT2D eigenvalue weighted by atomic mass is 79.9. The predicted octanol–water partition coefficient (Wildman–Crippen LogP) is 2.92. The van der Waals surface area contributed by atoms with Gasteiger partial charge in [-0.05, 0) is 23.8 Å². The molecule has 1 atom stereocenters. The number of halogens is 1. The summed E-state index contributed by atoms with van der Waals surface area (Å²) in [6.07, 6.45) is 3.51. The fourth-order valence-corrected chi connectivity index (χ4v) is 3.79. The fourth-order valence-electron chi connectivity index (χ4n) is 2.25. The lowest BCUT2D eigenvalue weighted by Crippen LogP contribution is -2.33. The molecule has 0 saturated carbocycles. The maximum Gasteiger partial charge on any atom is 0.245 e. The van der Waals surface area contributed by atoms with Crippen LogP contribution in [0, 0.1) is 0 Å². The van der Waals surface area contributed by atoms with Gasteiger partial charge in [-0.15, -0.1) is 11.8 Å². The van der Waals surface area contributed by atoms with Crippen LogP contribution in [-0.2, 0) is 11.3 Å². The summed E-state index contributed by atoms with van der Waals surface area (Å²) in [7, 11) is 0. The van der Waals surface area contributed by atoms with Gasteiger partial charge in [0.2, 0.25) is 5.91 Å². The van der Waals surface area contributed by atoms with Gasteiger partial charge in [0, 0.05) is 29.2 Å². The van der Waals surface area contributed by atoms with Crippen LogP contribution in [0.4, 0.5) is 0 Å². The van der Waals surface area contributed by atoms with Gasteiger partial charge in [-0.1, -0.05) is 28.1 Å². The summed E-state index contributed by atoms with van der Waals surface area (Å²) >= 11 is 5.25. The van der Waals surface area contributed by atoms with E-state index >= 15 is 0 Å². The molecule has 1 aromatic heterocycles. The highest BCUT2D eigenvalue weighted by Gasteiger charge is 2.30. The molecule has 2 heterocycles. The molecule has 6 heteroatoms. The maximum absolute atomic E-state index is 12.4. The minimum absolute atomic E-state index is 0.117. The van der Waals surface area contributed by atoms with E-state index in [9.17, 15) is 4.79 Å². The first kappa shape index (κ1) is 13.7. The summed E-state index contributed by atoms with van der Waals surface area (Å²) in [5.74, 6) is 1.09. The minimum atomic E-state index is 0.117. The zero-order valence-corrected chi connectivity index (χ0v) is 13.2. The smallest absolute Gasteiger partial charge is 0.245 e. The normalized spacial score (nSPS) is 18.4. The first-order chi connectivity index (χ1) is 9.74. The molecule has 0 N–H and O–H groups in total. The highest BCUT2D eigenvalue weighted by Crippen LogP contribution is 2.38. The molecule has 0 aliphatic carbocycles. The van der Waals surface area contributed by atoms with Gasteiger partial charge in [0.15, 0.2) is 0 Å². The lowest BCUT2D eigenvalue weighted by Gasteiger charge is -2.24. The highest BCUT2D eigenvalue weighted by molar-refractivity contribution is 9.10. The second-order valence-corrected chi connectivity index (χ2v) is 6.67. The standard InChI is InChI=1S/C14H14BrN3OS/c15-12-4-2-11(3-5-12)14-18(8-9-20-14)13(19)10-17-7-1-6-16-17/h1-7,14H,8-10H2. The van der Waals surface area contributed by atoms with Crippen molar-refractivity contribution in [3.05, 3.63) is 52.8 Å². The Morgan fingerprint density at radius 2 is 2.20 bits per heavy atom. The van der Waals surface area contributed by atoms with Crippen molar-refractivity contribution in [3.8, 4) is 0 Å². The number of carbonyl (C=O) groups is 1. The number of amides is 1. The van der Waals surface area contributed by atoms with Gasteiger partial charge in [0.1, 0.15) is 11.9 Å². The van der Waals surface area contributed by atoms with Crippen LogP contribution >= 0.6 is 27.7 Å². The Hall–Kier alpha value is -1.27. The molecule has 1 fully saturated rings. The van der Waals surface area contributed by atoms with Crippen LogP contribution < -0.4 is 0 Å². The third kappa shape index (κ3) is 2.91. The van der Waals surface area contributed by atoms with Gasteiger partial charge in [-0.2, -0.15) is 5.10 Å². The Labute approximate surface area is 130 Å². The second-order valence-electron chi connectivity index (χ2n) is 4.57.